The van der Waals surface area contributed by atoms with Crippen LogP contribution in [0.2, 0.25) is 0 Å². The Kier molecular flexibility index (Phi) is 6.48. The molecule has 164 valence electrons. The minimum absolute atomic E-state index is 0.163. The molecule has 0 atom stereocenters. The smallest absolute Gasteiger partial charge is 0.265 e. The van der Waals surface area contributed by atoms with Crippen LogP contribution in [0.4, 0.5) is 13.2 Å². The zero-order valence-corrected chi connectivity index (χ0v) is 17.5. The van der Waals surface area contributed by atoms with Gasteiger partial charge in [0.25, 0.3) is 0 Å². The highest BCUT2D eigenvalue weighted by Crippen LogP contribution is 2.36. The van der Waals surface area contributed by atoms with Crippen LogP contribution in [0.5, 0.6) is 0 Å². The second-order valence-corrected chi connectivity index (χ2v) is 10.2. The fraction of sp³-hybridized carbons (Fsp3) is 0.150. The Morgan fingerprint density at radius 3 is 2.10 bits per heavy atom. The van der Waals surface area contributed by atoms with Crippen LogP contribution in [-0.2, 0) is 32.5 Å². The molecule has 0 aliphatic carbocycles. The van der Waals surface area contributed by atoms with Crippen LogP contribution >= 0.6 is 0 Å². The van der Waals surface area contributed by atoms with Crippen LogP contribution < -0.4 is 4.72 Å². The number of halogens is 3. The topological polar surface area (TPSA) is 93.2 Å². The number of nitrogens with one attached hydrogen (secondary N) is 1. The van der Waals surface area contributed by atoms with Gasteiger partial charge >= 0.3 is 6.18 Å². The van der Waals surface area contributed by atoms with Crippen molar-refractivity contribution >= 4 is 19.9 Å². The number of nitrogens with zero attached hydrogens (tertiary/aromatic N) is 1. The summed E-state index contributed by atoms with van der Waals surface area (Å²) in [5.74, 6) is 0. The number of benzene rings is 2. The van der Waals surface area contributed by atoms with Gasteiger partial charge < -0.3 is 0 Å². The van der Waals surface area contributed by atoms with Gasteiger partial charge in [0.1, 0.15) is 0 Å². The Balaban J connectivity index is 1.99. The van der Waals surface area contributed by atoms with Gasteiger partial charge in [0.2, 0.25) is 19.9 Å². The van der Waals surface area contributed by atoms with Crippen molar-refractivity contribution in [3.05, 3.63) is 84.2 Å². The van der Waals surface area contributed by atoms with Crippen molar-refractivity contribution in [3.8, 4) is 0 Å². The fourth-order valence-corrected chi connectivity index (χ4v) is 5.48. The number of alkyl halides is 3. The maximum atomic E-state index is 13.5. The third kappa shape index (κ3) is 5.30. The minimum Gasteiger partial charge on any atom is -0.265 e. The molecule has 1 N–H and O–H groups in total. The molecule has 0 saturated heterocycles. The van der Waals surface area contributed by atoms with Crippen molar-refractivity contribution in [3.63, 3.8) is 0 Å². The second-order valence-electron chi connectivity index (χ2n) is 6.48. The molecule has 31 heavy (non-hydrogen) atoms. The Bertz CT molecular complexity index is 1260. The van der Waals surface area contributed by atoms with Crippen LogP contribution in [-0.4, -0.2) is 28.4 Å². The summed E-state index contributed by atoms with van der Waals surface area (Å²) in [6.07, 6.45) is -1.78. The van der Waals surface area contributed by atoms with E-state index >= 15 is 0 Å². The minimum atomic E-state index is -5.00. The molecule has 0 spiro atoms. The SMILES string of the molecule is O=S(=O)(NCCc1ccncc1)c1cc(S(=O)(=O)c2ccccc2)ccc1C(F)(F)F. The largest absolute Gasteiger partial charge is 0.417 e. The molecular formula is C20H17F3N2O4S2. The second kappa shape index (κ2) is 8.77. The lowest BCUT2D eigenvalue weighted by Gasteiger charge is -2.16. The van der Waals surface area contributed by atoms with Gasteiger partial charge in [0, 0.05) is 18.9 Å². The molecule has 1 heterocycles. The molecule has 0 unspecified atom stereocenters. The van der Waals surface area contributed by atoms with E-state index in [1.54, 1.807) is 18.2 Å². The first kappa shape index (κ1) is 22.9. The predicted molar refractivity (Wildman–Crippen MR) is 106 cm³/mol. The molecule has 11 heteroatoms. The van der Waals surface area contributed by atoms with Gasteiger partial charge in [-0.15, -0.1) is 0 Å². The van der Waals surface area contributed by atoms with E-state index in [0.29, 0.717) is 12.1 Å². The van der Waals surface area contributed by atoms with Crippen molar-refractivity contribution in [1.29, 1.82) is 0 Å². The number of rotatable bonds is 7. The summed E-state index contributed by atoms with van der Waals surface area (Å²) < 4.78 is 93.4. The Morgan fingerprint density at radius 2 is 1.48 bits per heavy atom. The molecule has 6 nitrogen and oxygen atoms in total. The van der Waals surface area contributed by atoms with E-state index in [9.17, 15) is 30.0 Å². The molecule has 0 fully saturated rings. The Morgan fingerprint density at radius 1 is 0.839 bits per heavy atom. The monoisotopic (exact) mass is 470 g/mol. The van der Waals surface area contributed by atoms with Crippen LogP contribution in [0.3, 0.4) is 0 Å². The van der Waals surface area contributed by atoms with E-state index in [-0.39, 0.29) is 17.9 Å². The van der Waals surface area contributed by atoms with Gasteiger partial charge in [-0.25, -0.2) is 21.6 Å². The summed E-state index contributed by atoms with van der Waals surface area (Å²) in [4.78, 5) is 1.96. The van der Waals surface area contributed by atoms with Gasteiger partial charge in [0.15, 0.2) is 0 Å². The van der Waals surface area contributed by atoms with E-state index in [4.69, 9.17) is 0 Å². The van der Waals surface area contributed by atoms with E-state index in [2.05, 4.69) is 9.71 Å². The number of sulfonamides is 1. The summed E-state index contributed by atoms with van der Waals surface area (Å²) in [7, 11) is -8.87. The van der Waals surface area contributed by atoms with Gasteiger partial charge in [-0.05, 0) is 54.4 Å². The zero-order valence-electron chi connectivity index (χ0n) is 15.9. The first-order valence-electron chi connectivity index (χ1n) is 8.92. The molecule has 0 amide bonds. The van der Waals surface area contributed by atoms with Crippen LogP contribution in [0.25, 0.3) is 0 Å². The average molecular weight is 470 g/mol. The number of pyridine rings is 1. The van der Waals surface area contributed by atoms with Gasteiger partial charge in [0.05, 0.1) is 20.2 Å². The van der Waals surface area contributed by atoms with Crippen molar-refractivity contribution in [2.75, 3.05) is 6.54 Å². The number of sulfone groups is 1. The van der Waals surface area contributed by atoms with Crippen molar-refractivity contribution in [2.45, 2.75) is 27.3 Å². The third-order valence-corrected chi connectivity index (χ3v) is 7.64. The zero-order chi connectivity index (χ0) is 22.7. The Labute approximate surface area is 177 Å². The highest BCUT2D eigenvalue weighted by Gasteiger charge is 2.38. The van der Waals surface area contributed by atoms with Crippen LogP contribution in [0, 0.1) is 0 Å². The highest BCUT2D eigenvalue weighted by atomic mass is 32.2. The maximum absolute atomic E-state index is 13.5. The van der Waals surface area contributed by atoms with Crippen molar-refractivity contribution in [1.82, 2.24) is 9.71 Å². The van der Waals surface area contributed by atoms with Crippen LogP contribution in [0.1, 0.15) is 11.1 Å². The average Bonchev–Trinajstić information content (AvgIpc) is 2.74. The number of hydrogen-bond donors (Lipinski definition) is 1. The summed E-state index contributed by atoms with van der Waals surface area (Å²) in [5.41, 5.74) is -0.718. The van der Waals surface area contributed by atoms with Crippen molar-refractivity contribution in [2.24, 2.45) is 0 Å². The van der Waals surface area contributed by atoms with Gasteiger partial charge in [-0.2, -0.15) is 13.2 Å². The third-order valence-electron chi connectivity index (χ3n) is 4.37. The van der Waals surface area contributed by atoms with Gasteiger partial charge in [-0.1, -0.05) is 18.2 Å². The first-order valence-corrected chi connectivity index (χ1v) is 11.9. The van der Waals surface area contributed by atoms with Crippen molar-refractivity contribution < 1.29 is 30.0 Å². The van der Waals surface area contributed by atoms with E-state index in [1.807, 2.05) is 0 Å². The summed E-state index contributed by atoms with van der Waals surface area (Å²) in [6, 6.07) is 12.1. The molecule has 1 aromatic heterocycles. The summed E-state index contributed by atoms with van der Waals surface area (Å²) >= 11 is 0. The number of aromatic nitrogens is 1. The lowest BCUT2D eigenvalue weighted by molar-refractivity contribution is -0.139. The normalized spacial score (nSPS) is 12.6. The molecule has 0 bridgehead atoms. The van der Waals surface area contributed by atoms with E-state index in [1.165, 1.54) is 36.7 Å². The molecule has 0 saturated carbocycles. The molecule has 0 aliphatic rings. The quantitative estimate of drug-likeness (QED) is 0.571. The molecule has 0 radical (unpaired) electrons. The van der Waals surface area contributed by atoms with E-state index < -0.39 is 41.4 Å². The molecule has 3 aromatic rings. The molecule has 0 aliphatic heterocycles. The number of hydrogen-bond acceptors (Lipinski definition) is 5. The fourth-order valence-electron chi connectivity index (χ4n) is 2.82. The molecule has 2 aromatic carbocycles. The van der Waals surface area contributed by atoms with Gasteiger partial charge in [-0.3, -0.25) is 4.98 Å². The molecular weight excluding hydrogens is 453 g/mol. The summed E-state index contributed by atoms with van der Waals surface area (Å²) in [6.45, 7) is -0.181. The lowest BCUT2D eigenvalue weighted by atomic mass is 10.2. The lowest BCUT2D eigenvalue weighted by Crippen LogP contribution is -2.28. The van der Waals surface area contributed by atoms with Crippen LogP contribution in [0.15, 0.2) is 87.7 Å². The highest BCUT2D eigenvalue weighted by molar-refractivity contribution is 7.91. The standard InChI is InChI=1S/C20H17F3N2O4S2/c21-20(22,23)18-7-6-17(30(26,27)16-4-2-1-3-5-16)14-19(18)31(28,29)25-13-10-15-8-11-24-12-9-15/h1-9,11-12,14,25H,10,13H2. The predicted octanol–water partition coefficient (Wildman–Crippen LogP) is 3.45. The maximum Gasteiger partial charge on any atom is 0.417 e. The summed E-state index contributed by atoms with van der Waals surface area (Å²) in [5, 5.41) is 0. The van der Waals surface area contributed by atoms with E-state index in [0.717, 1.165) is 11.6 Å². The first-order chi connectivity index (χ1) is 14.5. The molecule has 3 rings (SSSR count). The Hall–Kier alpha value is -2.76.